The van der Waals surface area contributed by atoms with Crippen molar-refractivity contribution >= 4 is 17.5 Å². The highest BCUT2D eigenvalue weighted by atomic mass is 16.2. The number of nitrogens with one attached hydrogen (secondary N) is 2. The molecule has 1 aromatic rings. The molecule has 0 radical (unpaired) electrons. The molecule has 0 atom stereocenters. The first-order valence-electron chi connectivity index (χ1n) is 5.74. The van der Waals surface area contributed by atoms with Gasteiger partial charge in [-0.3, -0.25) is 20.1 Å². The second-order valence-corrected chi connectivity index (χ2v) is 4.02. The number of carbonyl (C=O) groups excluding carboxylic acids is 1. The number of pyridine rings is 1. The molecule has 5 heteroatoms. The second-order valence-electron chi connectivity index (χ2n) is 4.02. The Hall–Kier alpha value is -2.30. The number of likely N-dealkylation sites (tertiary alicyclic amines) is 1. The average Bonchev–Trinajstić information content (AvgIpc) is 2.83. The molecule has 1 fully saturated rings. The minimum absolute atomic E-state index is 0.0138. The van der Waals surface area contributed by atoms with Crippen LogP contribution in [0.25, 0.3) is 0 Å². The van der Waals surface area contributed by atoms with Gasteiger partial charge in [0, 0.05) is 30.9 Å². The van der Waals surface area contributed by atoms with Crippen LogP contribution in [0.4, 0.5) is 0 Å². The van der Waals surface area contributed by atoms with Crippen LogP contribution in [0.1, 0.15) is 18.4 Å². The van der Waals surface area contributed by atoms with Crippen LogP contribution < -0.4 is 0 Å². The van der Waals surface area contributed by atoms with E-state index in [1.54, 1.807) is 24.5 Å². The van der Waals surface area contributed by atoms with Gasteiger partial charge in [0.25, 0.3) is 0 Å². The third kappa shape index (κ3) is 2.68. The van der Waals surface area contributed by atoms with E-state index >= 15 is 0 Å². The first kappa shape index (κ1) is 12.2. The predicted octanol–water partition coefficient (Wildman–Crippen LogP) is 1.61. The Bertz CT molecular complexity index is 507. The zero-order valence-corrected chi connectivity index (χ0v) is 9.89. The molecule has 92 valence electrons. The minimum Gasteiger partial charge on any atom is -0.300 e. The first-order valence-corrected chi connectivity index (χ1v) is 5.74. The van der Waals surface area contributed by atoms with E-state index in [9.17, 15) is 4.79 Å². The Morgan fingerprint density at radius 2 is 2.00 bits per heavy atom. The molecule has 1 saturated heterocycles. The van der Waals surface area contributed by atoms with Crippen molar-refractivity contribution in [1.29, 1.82) is 10.8 Å². The lowest BCUT2D eigenvalue weighted by Gasteiger charge is -2.13. The van der Waals surface area contributed by atoms with E-state index in [0.717, 1.165) is 12.0 Å². The van der Waals surface area contributed by atoms with Crippen LogP contribution in [-0.2, 0) is 4.79 Å². The van der Waals surface area contributed by atoms with Crippen molar-refractivity contribution < 1.29 is 4.79 Å². The standard InChI is InChI=1S/C13H14N4O/c14-11(10-5-7-16-8-6-10)3-4-12(15)17-9-1-2-13(17)18/h3-8,14-15H,1-2,9H2/b4-3-,14-11?,15-12?. The quantitative estimate of drug-likeness (QED) is 0.623. The molecule has 1 aromatic heterocycles. The van der Waals surface area contributed by atoms with Gasteiger partial charge in [-0.15, -0.1) is 0 Å². The summed E-state index contributed by atoms with van der Waals surface area (Å²) in [6, 6.07) is 3.47. The van der Waals surface area contributed by atoms with Crippen LogP contribution in [0.5, 0.6) is 0 Å². The molecule has 5 nitrogen and oxygen atoms in total. The number of rotatable bonds is 3. The van der Waals surface area contributed by atoms with Gasteiger partial charge in [-0.05, 0) is 30.7 Å². The molecule has 0 unspecified atom stereocenters. The van der Waals surface area contributed by atoms with Crippen molar-refractivity contribution in [2.45, 2.75) is 12.8 Å². The number of hydrogen-bond donors (Lipinski definition) is 2. The molecule has 1 aliphatic rings. The zero-order valence-electron chi connectivity index (χ0n) is 9.89. The lowest BCUT2D eigenvalue weighted by Crippen LogP contribution is -2.29. The van der Waals surface area contributed by atoms with Crippen molar-refractivity contribution in [2.75, 3.05) is 6.54 Å². The van der Waals surface area contributed by atoms with Gasteiger partial charge in [0.15, 0.2) is 0 Å². The number of hydrogen-bond acceptors (Lipinski definition) is 4. The molecule has 2 rings (SSSR count). The van der Waals surface area contributed by atoms with Crippen LogP contribution in [0.2, 0.25) is 0 Å². The lowest BCUT2D eigenvalue weighted by atomic mass is 10.1. The fraction of sp³-hybridized carbons (Fsp3) is 0.231. The number of amidine groups is 1. The van der Waals surface area contributed by atoms with Crippen LogP contribution in [0.3, 0.4) is 0 Å². The molecule has 18 heavy (non-hydrogen) atoms. The molecule has 0 bridgehead atoms. The maximum absolute atomic E-state index is 11.4. The van der Waals surface area contributed by atoms with Gasteiger partial charge < -0.3 is 5.41 Å². The topological polar surface area (TPSA) is 80.9 Å². The highest BCUT2D eigenvalue weighted by Crippen LogP contribution is 2.10. The molecule has 1 aliphatic heterocycles. The van der Waals surface area contributed by atoms with E-state index in [-0.39, 0.29) is 11.7 Å². The summed E-state index contributed by atoms with van der Waals surface area (Å²) in [5, 5.41) is 15.6. The third-order valence-electron chi connectivity index (χ3n) is 2.76. The summed E-state index contributed by atoms with van der Waals surface area (Å²) < 4.78 is 0. The van der Waals surface area contributed by atoms with Crippen molar-refractivity contribution in [3.8, 4) is 0 Å². The molecule has 1 amide bonds. The summed E-state index contributed by atoms with van der Waals surface area (Å²) in [4.78, 5) is 16.7. The molecular weight excluding hydrogens is 228 g/mol. The third-order valence-corrected chi connectivity index (χ3v) is 2.76. The van der Waals surface area contributed by atoms with Crippen LogP contribution in [0, 0.1) is 10.8 Å². The molecule has 0 aliphatic carbocycles. The SMILES string of the molecule is N=C(/C=C\C(=N)N1CCCC1=O)c1ccncc1. The monoisotopic (exact) mass is 242 g/mol. The summed E-state index contributed by atoms with van der Waals surface area (Å²) in [7, 11) is 0. The first-order chi connectivity index (χ1) is 8.68. The van der Waals surface area contributed by atoms with Crippen molar-refractivity contribution in [2.24, 2.45) is 0 Å². The summed E-state index contributed by atoms with van der Waals surface area (Å²) in [5.41, 5.74) is 1.04. The Morgan fingerprint density at radius 1 is 1.28 bits per heavy atom. The van der Waals surface area contributed by atoms with E-state index in [1.807, 2.05) is 0 Å². The van der Waals surface area contributed by atoms with Crippen molar-refractivity contribution in [3.63, 3.8) is 0 Å². The number of nitrogens with zero attached hydrogens (tertiary/aromatic N) is 2. The predicted molar refractivity (Wildman–Crippen MR) is 68.9 cm³/mol. The molecule has 0 saturated carbocycles. The van der Waals surface area contributed by atoms with Crippen molar-refractivity contribution in [1.82, 2.24) is 9.88 Å². The Balaban J connectivity index is 2.01. The van der Waals surface area contributed by atoms with Gasteiger partial charge >= 0.3 is 0 Å². The Morgan fingerprint density at radius 3 is 2.61 bits per heavy atom. The van der Waals surface area contributed by atoms with Crippen LogP contribution in [0.15, 0.2) is 36.7 Å². The van der Waals surface area contributed by atoms with Gasteiger partial charge in [-0.2, -0.15) is 0 Å². The van der Waals surface area contributed by atoms with Gasteiger partial charge in [0.1, 0.15) is 5.84 Å². The highest BCUT2D eigenvalue weighted by Gasteiger charge is 2.22. The van der Waals surface area contributed by atoms with E-state index < -0.39 is 0 Å². The summed E-state index contributed by atoms with van der Waals surface area (Å²) in [5.74, 6) is 0.136. The molecule has 0 aromatic carbocycles. The summed E-state index contributed by atoms with van der Waals surface area (Å²) in [6.07, 6.45) is 7.57. The minimum atomic E-state index is -0.0138. The molecule has 0 spiro atoms. The largest absolute Gasteiger partial charge is 0.300 e. The van der Waals surface area contributed by atoms with E-state index in [1.165, 1.54) is 17.1 Å². The maximum atomic E-state index is 11.4. The van der Waals surface area contributed by atoms with Gasteiger partial charge in [0.2, 0.25) is 5.91 Å². The average molecular weight is 242 g/mol. The van der Waals surface area contributed by atoms with E-state index in [0.29, 0.717) is 18.7 Å². The lowest BCUT2D eigenvalue weighted by molar-refractivity contribution is -0.124. The smallest absolute Gasteiger partial charge is 0.228 e. The number of amides is 1. The maximum Gasteiger partial charge on any atom is 0.228 e. The second kappa shape index (κ2) is 5.35. The Labute approximate surface area is 105 Å². The van der Waals surface area contributed by atoms with Crippen LogP contribution in [-0.4, -0.2) is 33.9 Å². The molecular formula is C13H14N4O. The molecule has 2 heterocycles. The van der Waals surface area contributed by atoms with Crippen molar-refractivity contribution in [3.05, 3.63) is 42.2 Å². The van der Waals surface area contributed by atoms with E-state index in [4.69, 9.17) is 10.8 Å². The number of aromatic nitrogens is 1. The van der Waals surface area contributed by atoms with Gasteiger partial charge in [0.05, 0.1) is 5.71 Å². The van der Waals surface area contributed by atoms with E-state index in [2.05, 4.69) is 4.98 Å². The fourth-order valence-corrected chi connectivity index (χ4v) is 1.78. The zero-order chi connectivity index (χ0) is 13.0. The van der Waals surface area contributed by atoms with Crippen LogP contribution >= 0.6 is 0 Å². The van der Waals surface area contributed by atoms with Gasteiger partial charge in [-0.1, -0.05) is 0 Å². The highest BCUT2D eigenvalue weighted by molar-refractivity contribution is 6.11. The summed E-state index contributed by atoms with van der Waals surface area (Å²) in [6.45, 7) is 0.602. The normalized spacial score (nSPS) is 15.3. The molecule has 2 N–H and O–H groups in total. The Kier molecular flexibility index (Phi) is 3.62. The number of allylic oxidation sites excluding steroid dienone is 1. The number of carbonyl (C=O) groups is 1. The summed E-state index contributed by atoms with van der Waals surface area (Å²) >= 11 is 0. The van der Waals surface area contributed by atoms with Gasteiger partial charge in [-0.25, -0.2) is 0 Å². The fourth-order valence-electron chi connectivity index (χ4n) is 1.78.